The molecule has 0 spiro atoms. The van der Waals surface area contributed by atoms with E-state index in [1.165, 1.54) is 7.11 Å². The number of likely N-dealkylation sites (tertiary alicyclic amines) is 1. The molecule has 0 aromatic heterocycles. The minimum absolute atomic E-state index is 0.245. The fourth-order valence-corrected chi connectivity index (χ4v) is 2.40. The number of hydrogen-bond donors (Lipinski definition) is 0. The molecule has 0 unspecified atom stereocenters. The predicted molar refractivity (Wildman–Crippen MR) is 91.9 cm³/mol. The first-order chi connectivity index (χ1) is 11.3. The molecular formula is C19H25NO4. The van der Waals surface area contributed by atoms with E-state index >= 15 is 0 Å². The van der Waals surface area contributed by atoms with Crippen LogP contribution >= 0.6 is 0 Å². The molecule has 1 saturated heterocycles. The molecule has 0 radical (unpaired) electrons. The van der Waals surface area contributed by atoms with Gasteiger partial charge in [-0.25, -0.2) is 9.59 Å². The van der Waals surface area contributed by atoms with Crippen molar-refractivity contribution in [2.24, 2.45) is 5.92 Å². The number of methoxy groups -OCH3 is 1. The molecule has 1 heterocycles. The van der Waals surface area contributed by atoms with Crippen LogP contribution < -0.4 is 0 Å². The first kappa shape index (κ1) is 18.0. The van der Waals surface area contributed by atoms with Gasteiger partial charge >= 0.3 is 12.1 Å². The predicted octanol–water partition coefficient (Wildman–Crippen LogP) is 3.44. The lowest BCUT2D eigenvalue weighted by Gasteiger charge is -2.38. The van der Waals surface area contributed by atoms with Crippen molar-refractivity contribution in [3.63, 3.8) is 0 Å². The normalized spacial score (nSPS) is 15.2. The second kappa shape index (κ2) is 7.51. The summed E-state index contributed by atoms with van der Waals surface area (Å²) >= 11 is 0. The SMILES string of the molecule is COC(=O)c1ccc(C/C=C/C2CN(C(=O)OC(C)(C)C)C2)cc1. The lowest BCUT2D eigenvalue weighted by Crippen LogP contribution is -2.50. The minimum Gasteiger partial charge on any atom is -0.465 e. The summed E-state index contributed by atoms with van der Waals surface area (Å²) in [6.45, 7) is 7.01. The van der Waals surface area contributed by atoms with Crippen LogP contribution in [0.25, 0.3) is 0 Å². The van der Waals surface area contributed by atoms with Crippen LogP contribution in [0.2, 0.25) is 0 Å². The van der Waals surface area contributed by atoms with Crippen molar-refractivity contribution < 1.29 is 19.1 Å². The molecule has 0 atom stereocenters. The largest absolute Gasteiger partial charge is 0.465 e. The average Bonchev–Trinajstić information content (AvgIpc) is 2.47. The number of allylic oxidation sites excluding steroid dienone is 1. The van der Waals surface area contributed by atoms with E-state index in [1.807, 2.05) is 32.9 Å². The fourth-order valence-electron chi connectivity index (χ4n) is 2.40. The van der Waals surface area contributed by atoms with Gasteiger partial charge in [0.1, 0.15) is 5.60 Å². The van der Waals surface area contributed by atoms with Crippen LogP contribution in [0.4, 0.5) is 4.79 Å². The van der Waals surface area contributed by atoms with Gasteiger partial charge in [-0.2, -0.15) is 0 Å². The van der Waals surface area contributed by atoms with Crippen molar-refractivity contribution >= 4 is 12.1 Å². The Morgan fingerprint density at radius 3 is 2.38 bits per heavy atom. The second-order valence-corrected chi connectivity index (χ2v) is 6.97. The Bertz CT molecular complexity index is 607. The quantitative estimate of drug-likeness (QED) is 0.626. The molecule has 0 aliphatic carbocycles. The third-order valence-corrected chi connectivity index (χ3v) is 3.70. The molecule has 24 heavy (non-hydrogen) atoms. The fraction of sp³-hybridized carbons (Fsp3) is 0.474. The van der Waals surface area contributed by atoms with Gasteiger partial charge in [0.05, 0.1) is 12.7 Å². The molecule has 0 bridgehead atoms. The van der Waals surface area contributed by atoms with Gasteiger partial charge in [-0.3, -0.25) is 0 Å². The first-order valence-electron chi connectivity index (χ1n) is 8.10. The summed E-state index contributed by atoms with van der Waals surface area (Å²) in [5.74, 6) is 0.0562. The average molecular weight is 331 g/mol. The van der Waals surface area contributed by atoms with Gasteiger partial charge < -0.3 is 14.4 Å². The van der Waals surface area contributed by atoms with Crippen LogP contribution in [0.3, 0.4) is 0 Å². The number of nitrogens with zero attached hydrogens (tertiary/aromatic N) is 1. The first-order valence-corrected chi connectivity index (χ1v) is 8.10. The van der Waals surface area contributed by atoms with Crippen molar-refractivity contribution in [3.05, 3.63) is 47.5 Å². The van der Waals surface area contributed by atoms with Crippen LogP contribution in [-0.2, 0) is 15.9 Å². The smallest absolute Gasteiger partial charge is 0.410 e. The molecule has 1 aromatic rings. The van der Waals surface area contributed by atoms with Crippen LogP contribution in [0.1, 0.15) is 36.7 Å². The maximum atomic E-state index is 11.8. The molecule has 1 aliphatic heterocycles. The maximum absolute atomic E-state index is 11.8. The van der Waals surface area contributed by atoms with Gasteiger partial charge in [-0.05, 0) is 44.9 Å². The van der Waals surface area contributed by atoms with Crippen molar-refractivity contribution in [1.82, 2.24) is 4.90 Å². The van der Waals surface area contributed by atoms with E-state index in [9.17, 15) is 9.59 Å². The Labute approximate surface area is 143 Å². The Morgan fingerprint density at radius 1 is 1.21 bits per heavy atom. The monoisotopic (exact) mass is 331 g/mol. The van der Waals surface area contributed by atoms with Gasteiger partial charge in [-0.1, -0.05) is 24.3 Å². The lowest BCUT2D eigenvalue weighted by molar-refractivity contribution is 0.00488. The standard InChI is InChI=1S/C19H25NO4/c1-19(2,3)24-18(22)20-12-15(13-20)7-5-6-14-8-10-16(11-9-14)17(21)23-4/h5,7-11,15H,6,12-13H2,1-4H3/b7-5+. The number of carbonyl (C=O) groups excluding carboxylic acids is 2. The van der Waals surface area contributed by atoms with Crippen molar-refractivity contribution in [2.75, 3.05) is 20.2 Å². The van der Waals surface area contributed by atoms with E-state index in [-0.39, 0.29) is 12.1 Å². The number of benzene rings is 1. The van der Waals surface area contributed by atoms with E-state index in [0.717, 1.165) is 12.0 Å². The highest BCUT2D eigenvalue weighted by Crippen LogP contribution is 2.20. The van der Waals surface area contributed by atoms with Gasteiger partial charge in [0.2, 0.25) is 0 Å². The summed E-state index contributed by atoms with van der Waals surface area (Å²) in [4.78, 5) is 24.9. The van der Waals surface area contributed by atoms with Crippen LogP contribution in [0, 0.1) is 5.92 Å². The molecule has 0 saturated carbocycles. The third kappa shape index (κ3) is 5.11. The van der Waals surface area contributed by atoms with Gasteiger partial charge in [0.15, 0.2) is 0 Å². The maximum Gasteiger partial charge on any atom is 0.410 e. The molecule has 0 N–H and O–H groups in total. The minimum atomic E-state index is -0.450. The number of amides is 1. The van der Waals surface area contributed by atoms with Crippen molar-refractivity contribution in [1.29, 1.82) is 0 Å². The number of hydrogen-bond acceptors (Lipinski definition) is 4. The van der Waals surface area contributed by atoms with E-state index < -0.39 is 5.60 Å². The van der Waals surface area contributed by atoms with Gasteiger partial charge in [-0.15, -0.1) is 0 Å². The Kier molecular flexibility index (Phi) is 5.65. The molecule has 2 rings (SSSR count). The zero-order valence-corrected chi connectivity index (χ0v) is 14.7. The molecule has 130 valence electrons. The summed E-state index contributed by atoms with van der Waals surface area (Å²) in [7, 11) is 1.37. The molecular weight excluding hydrogens is 306 g/mol. The zero-order valence-electron chi connectivity index (χ0n) is 14.7. The highest BCUT2D eigenvalue weighted by atomic mass is 16.6. The number of carbonyl (C=O) groups is 2. The molecule has 1 aliphatic rings. The topological polar surface area (TPSA) is 55.8 Å². The Hall–Kier alpha value is -2.30. The summed E-state index contributed by atoms with van der Waals surface area (Å²) in [5, 5.41) is 0. The summed E-state index contributed by atoms with van der Waals surface area (Å²) in [6.07, 6.45) is 4.79. The number of esters is 1. The van der Waals surface area contributed by atoms with E-state index in [2.05, 4.69) is 16.9 Å². The molecule has 5 nitrogen and oxygen atoms in total. The van der Waals surface area contributed by atoms with Crippen molar-refractivity contribution in [3.8, 4) is 0 Å². The molecule has 1 fully saturated rings. The second-order valence-electron chi connectivity index (χ2n) is 6.97. The van der Waals surface area contributed by atoms with Crippen LogP contribution in [0.15, 0.2) is 36.4 Å². The summed E-state index contributed by atoms with van der Waals surface area (Å²) in [6, 6.07) is 7.37. The molecule has 1 aromatic carbocycles. The van der Waals surface area contributed by atoms with Gasteiger partial charge in [0.25, 0.3) is 0 Å². The van der Waals surface area contributed by atoms with E-state index in [0.29, 0.717) is 24.6 Å². The van der Waals surface area contributed by atoms with E-state index in [4.69, 9.17) is 4.74 Å². The Balaban J connectivity index is 1.74. The van der Waals surface area contributed by atoms with Crippen LogP contribution in [0.5, 0.6) is 0 Å². The van der Waals surface area contributed by atoms with Crippen molar-refractivity contribution in [2.45, 2.75) is 32.8 Å². The van der Waals surface area contributed by atoms with E-state index in [1.54, 1.807) is 17.0 Å². The van der Waals surface area contributed by atoms with Crippen LogP contribution in [-0.4, -0.2) is 42.8 Å². The third-order valence-electron chi connectivity index (χ3n) is 3.70. The lowest BCUT2D eigenvalue weighted by atomic mass is 9.99. The Morgan fingerprint density at radius 2 is 1.83 bits per heavy atom. The highest BCUT2D eigenvalue weighted by Gasteiger charge is 2.31. The number of ether oxygens (including phenoxy) is 2. The molecule has 1 amide bonds. The van der Waals surface area contributed by atoms with Gasteiger partial charge in [0, 0.05) is 19.0 Å². The zero-order chi connectivity index (χ0) is 17.7. The summed E-state index contributed by atoms with van der Waals surface area (Å²) in [5.41, 5.74) is 1.23. The number of rotatable bonds is 4. The molecule has 5 heteroatoms. The highest BCUT2D eigenvalue weighted by molar-refractivity contribution is 5.89. The summed E-state index contributed by atoms with van der Waals surface area (Å²) < 4.78 is 10.0.